The lowest BCUT2D eigenvalue weighted by Gasteiger charge is -2.10. The number of benzene rings is 2. The Morgan fingerprint density at radius 1 is 1.10 bits per heavy atom. The number of rotatable bonds is 5. The van der Waals surface area contributed by atoms with Gasteiger partial charge in [-0.15, -0.1) is 0 Å². The Morgan fingerprint density at radius 3 is 2.48 bits per heavy atom. The SMILES string of the molecule is COC(=O)c1cc(NC(=O)c2cc(C3CC3)nn2-c2ccccc2)c(F)cc1F. The number of carbonyl (C=O) groups excluding carboxylic acids is 2. The quantitative estimate of drug-likeness (QED) is 0.659. The third-order valence-corrected chi connectivity index (χ3v) is 4.67. The topological polar surface area (TPSA) is 73.2 Å². The zero-order valence-electron chi connectivity index (χ0n) is 15.5. The van der Waals surface area contributed by atoms with Crippen LogP contribution in [0.3, 0.4) is 0 Å². The molecular formula is C21H17F2N3O3. The minimum Gasteiger partial charge on any atom is -0.465 e. The second-order valence-corrected chi connectivity index (χ2v) is 6.73. The number of para-hydroxylation sites is 1. The maximum atomic E-state index is 14.2. The Kier molecular flexibility index (Phi) is 4.84. The molecule has 1 aliphatic carbocycles. The van der Waals surface area contributed by atoms with E-state index in [1.165, 1.54) is 4.68 Å². The van der Waals surface area contributed by atoms with Crippen LogP contribution < -0.4 is 5.32 Å². The first-order valence-electron chi connectivity index (χ1n) is 9.02. The summed E-state index contributed by atoms with van der Waals surface area (Å²) in [6.07, 6.45) is 2.00. The van der Waals surface area contributed by atoms with Crippen LogP contribution in [0.15, 0.2) is 48.5 Å². The van der Waals surface area contributed by atoms with Crippen molar-refractivity contribution in [1.82, 2.24) is 9.78 Å². The van der Waals surface area contributed by atoms with E-state index in [4.69, 9.17) is 0 Å². The number of ether oxygens (including phenoxy) is 1. The lowest BCUT2D eigenvalue weighted by Crippen LogP contribution is -2.18. The van der Waals surface area contributed by atoms with Gasteiger partial charge >= 0.3 is 5.97 Å². The molecule has 0 unspecified atom stereocenters. The highest BCUT2D eigenvalue weighted by atomic mass is 19.1. The number of anilines is 1. The van der Waals surface area contributed by atoms with E-state index in [9.17, 15) is 18.4 Å². The first-order chi connectivity index (χ1) is 14.0. The van der Waals surface area contributed by atoms with Crippen molar-refractivity contribution in [2.24, 2.45) is 0 Å². The summed E-state index contributed by atoms with van der Waals surface area (Å²) in [5.74, 6) is -3.37. The fraction of sp³-hybridized carbons (Fsp3) is 0.190. The Bertz CT molecular complexity index is 1090. The average molecular weight is 397 g/mol. The molecule has 148 valence electrons. The molecule has 0 bridgehead atoms. The van der Waals surface area contributed by atoms with Gasteiger partial charge in [-0.3, -0.25) is 4.79 Å². The molecule has 0 spiro atoms. The molecule has 1 aromatic heterocycles. The number of carbonyl (C=O) groups is 2. The van der Waals surface area contributed by atoms with E-state index in [0.717, 1.165) is 31.7 Å². The molecule has 8 heteroatoms. The Balaban J connectivity index is 1.70. The highest BCUT2D eigenvalue weighted by molar-refractivity contribution is 6.04. The van der Waals surface area contributed by atoms with E-state index < -0.39 is 29.1 Å². The van der Waals surface area contributed by atoms with Gasteiger partial charge < -0.3 is 10.1 Å². The van der Waals surface area contributed by atoms with E-state index in [1.54, 1.807) is 18.2 Å². The molecule has 0 aliphatic heterocycles. The number of esters is 1. The monoisotopic (exact) mass is 397 g/mol. The van der Waals surface area contributed by atoms with Crippen molar-refractivity contribution >= 4 is 17.6 Å². The van der Waals surface area contributed by atoms with Gasteiger partial charge in [-0.05, 0) is 37.1 Å². The molecule has 2 aromatic carbocycles. The van der Waals surface area contributed by atoms with Crippen LogP contribution >= 0.6 is 0 Å². The number of hydrogen-bond donors (Lipinski definition) is 1. The molecule has 0 radical (unpaired) electrons. The van der Waals surface area contributed by atoms with E-state index in [0.29, 0.717) is 17.7 Å². The van der Waals surface area contributed by atoms with Gasteiger partial charge in [-0.1, -0.05) is 18.2 Å². The van der Waals surface area contributed by atoms with Gasteiger partial charge in [0.15, 0.2) is 0 Å². The second-order valence-electron chi connectivity index (χ2n) is 6.73. The Hall–Kier alpha value is -3.55. The standard InChI is InChI=1S/C21H17F2N3O3/c1-29-21(28)14-9-18(16(23)10-15(14)22)24-20(27)19-11-17(12-7-8-12)25-26(19)13-5-3-2-4-6-13/h2-6,9-12H,7-8H2,1H3,(H,24,27). The molecule has 1 N–H and O–H groups in total. The Morgan fingerprint density at radius 2 is 1.83 bits per heavy atom. The van der Waals surface area contributed by atoms with Crippen LogP contribution in [-0.4, -0.2) is 28.8 Å². The van der Waals surface area contributed by atoms with Crippen LogP contribution in [0.25, 0.3) is 5.69 Å². The van der Waals surface area contributed by atoms with Gasteiger partial charge in [0.1, 0.15) is 17.3 Å². The van der Waals surface area contributed by atoms with Crippen molar-refractivity contribution in [3.8, 4) is 5.69 Å². The van der Waals surface area contributed by atoms with Crippen LogP contribution in [0, 0.1) is 11.6 Å². The smallest absolute Gasteiger partial charge is 0.340 e. The number of nitrogens with one attached hydrogen (secondary N) is 1. The molecule has 1 aliphatic rings. The van der Waals surface area contributed by atoms with Gasteiger partial charge in [-0.25, -0.2) is 18.3 Å². The summed E-state index contributed by atoms with van der Waals surface area (Å²) >= 11 is 0. The zero-order valence-corrected chi connectivity index (χ0v) is 15.5. The molecular weight excluding hydrogens is 380 g/mol. The molecule has 29 heavy (non-hydrogen) atoms. The van der Waals surface area contributed by atoms with Gasteiger partial charge in [0.05, 0.1) is 29.7 Å². The van der Waals surface area contributed by atoms with Crippen LogP contribution in [0.4, 0.5) is 14.5 Å². The first kappa shape index (κ1) is 18.8. The molecule has 1 amide bonds. The number of hydrogen-bond acceptors (Lipinski definition) is 4. The third-order valence-electron chi connectivity index (χ3n) is 4.67. The van der Waals surface area contributed by atoms with E-state index in [-0.39, 0.29) is 11.4 Å². The van der Waals surface area contributed by atoms with Crippen LogP contribution in [-0.2, 0) is 4.74 Å². The first-order valence-corrected chi connectivity index (χ1v) is 9.02. The van der Waals surface area contributed by atoms with E-state index >= 15 is 0 Å². The highest BCUT2D eigenvalue weighted by Gasteiger charge is 2.29. The molecule has 0 saturated heterocycles. The average Bonchev–Trinajstić information content (AvgIpc) is 3.48. The van der Waals surface area contributed by atoms with Crippen LogP contribution in [0.2, 0.25) is 0 Å². The van der Waals surface area contributed by atoms with Crippen molar-refractivity contribution in [3.63, 3.8) is 0 Å². The molecule has 3 aromatic rings. The molecule has 1 fully saturated rings. The predicted molar refractivity (Wildman–Crippen MR) is 101 cm³/mol. The molecule has 0 atom stereocenters. The van der Waals surface area contributed by atoms with Crippen molar-refractivity contribution in [1.29, 1.82) is 0 Å². The third kappa shape index (κ3) is 3.73. The maximum Gasteiger partial charge on any atom is 0.340 e. The van der Waals surface area contributed by atoms with E-state index in [2.05, 4.69) is 15.2 Å². The number of amides is 1. The number of aromatic nitrogens is 2. The van der Waals surface area contributed by atoms with Crippen molar-refractivity contribution < 1.29 is 23.1 Å². The minimum atomic E-state index is -1.07. The van der Waals surface area contributed by atoms with Crippen LogP contribution in [0.5, 0.6) is 0 Å². The number of halogens is 2. The molecule has 4 rings (SSSR count). The normalized spacial score (nSPS) is 13.2. The fourth-order valence-electron chi connectivity index (χ4n) is 3.00. The van der Waals surface area contributed by atoms with Gasteiger partial charge in [0.2, 0.25) is 0 Å². The summed E-state index contributed by atoms with van der Waals surface area (Å²) in [5.41, 5.74) is 0.875. The summed E-state index contributed by atoms with van der Waals surface area (Å²) in [6.45, 7) is 0. The largest absolute Gasteiger partial charge is 0.465 e. The maximum absolute atomic E-state index is 14.2. The van der Waals surface area contributed by atoms with Gasteiger partial charge in [-0.2, -0.15) is 5.10 Å². The summed E-state index contributed by atoms with van der Waals surface area (Å²) in [4.78, 5) is 24.6. The number of methoxy groups -OCH3 is 1. The number of nitrogens with zero attached hydrogens (tertiary/aromatic N) is 2. The minimum absolute atomic E-state index is 0.210. The lowest BCUT2D eigenvalue weighted by atomic mass is 10.1. The van der Waals surface area contributed by atoms with Crippen molar-refractivity contribution in [3.05, 3.63) is 77.1 Å². The highest BCUT2D eigenvalue weighted by Crippen LogP contribution is 2.39. The second kappa shape index (κ2) is 7.46. The summed E-state index contributed by atoms with van der Waals surface area (Å²) in [5, 5.41) is 6.94. The molecule has 1 heterocycles. The summed E-state index contributed by atoms with van der Waals surface area (Å²) < 4.78 is 34.0. The van der Waals surface area contributed by atoms with Crippen LogP contribution in [0.1, 0.15) is 45.3 Å². The van der Waals surface area contributed by atoms with Gasteiger partial charge in [0.25, 0.3) is 5.91 Å². The summed E-state index contributed by atoms with van der Waals surface area (Å²) in [7, 11) is 1.08. The lowest BCUT2D eigenvalue weighted by molar-refractivity contribution is 0.0595. The predicted octanol–water partition coefficient (Wildman–Crippen LogP) is 4.07. The summed E-state index contributed by atoms with van der Waals surface area (Å²) in [6, 6.07) is 12.2. The Labute approximate surface area is 165 Å². The van der Waals surface area contributed by atoms with Gasteiger partial charge in [0, 0.05) is 12.0 Å². The molecule has 1 saturated carbocycles. The van der Waals surface area contributed by atoms with E-state index in [1.807, 2.05) is 18.2 Å². The van der Waals surface area contributed by atoms with Crippen molar-refractivity contribution in [2.45, 2.75) is 18.8 Å². The molecule has 6 nitrogen and oxygen atoms in total. The zero-order chi connectivity index (χ0) is 20.5. The fourth-order valence-corrected chi connectivity index (χ4v) is 3.00. The van der Waals surface area contributed by atoms with Crippen molar-refractivity contribution in [2.75, 3.05) is 12.4 Å².